The zero-order chi connectivity index (χ0) is 14.3. The van der Waals surface area contributed by atoms with Gasteiger partial charge in [-0.05, 0) is 36.6 Å². The Bertz CT molecular complexity index is 377. The van der Waals surface area contributed by atoms with Crippen molar-refractivity contribution in [3.8, 4) is 5.75 Å². The Labute approximate surface area is 120 Å². The lowest BCUT2D eigenvalue weighted by atomic mass is 9.92. The van der Waals surface area contributed by atoms with E-state index in [0.717, 1.165) is 13.0 Å². The fraction of sp³-hybridized carbons (Fsp3) is 0.600. The van der Waals surface area contributed by atoms with Crippen molar-refractivity contribution in [2.45, 2.75) is 33.3 Å². The van der Waals surface area contributed by atoms with Gasteiger partial charge in [0.15, 0.2) is 0 Å². The molecule has 1 atom stereocenters. The molecule has 0 amide bonds. The number of benzene rings is 1. The Kier molecular flexibility index (Phi) is 6.63. The van der Waals surface area contributed by atoms with Crippen molar-refractivity contribution in [1.82, 2.24) is 5.32 Å². The number of hydrogen-bond donors (Lipinski definition) is 2. The monoisotopic (exact) mass is 285 g/mol. The molecule has 1 aromatic carbocycles. The molecule has 1 aromatic rings. The van der Waals surface area contributed by atoms with Crippen LogP contribution in [0, 0.1) is 5.41 Å². The van der Waals surface area contributed by atoms with Crippen LogP contribution in [0.5, 0.6) is 5.75 Å². The summed E-state index contributed by atoms with van der Waals surface area (Å²) in [5, 5.41) is 13.7. The highest BCUT2D eigenvalue weighted by molar-refractivity contribution is 6.30. The van der Waals surface area contributed by atoms with E-state index in [-0.39, 0.29) is 6.61 Å². The average Bonchev–Trinajstić information content (AvgIpc) is 2.31. The maximum absolute atomic E-state index is 9.79. The summed E-state index contributed by atoms with van der Waals surface area (Å²) in [4.78, 5) is 0. The van der Waals surface area contributed by atoms with Crippen LogP contribution in [-0.2, 0) is 0 Å². The average molecular weight is 286 g/mol. The van der Waals surface area contributed by atoms with Crippen molar-refractivity contribution < 1.29 is 9.84 Å². The molecule has 0 aliphatic heterocycles. The summed E-state index contributed by atoms with van der Waals surface area (Å²) >= 11 is 5.85. The lowest BCUT2D eigenvalue weighted by Gasteiger charge is -2.19. The molecule has 0 saturated carbocycles. The van der Waals surface area contributed by atoms with Gasteiger partial charge in [0.1, 0.15) is 18.5 Å². The number of aliphatic hydroxyl groups excluding tert-OH is 1. The first kappa shape index (κ1) is 16.3. The van der Waals surface area contributed by atoms with Gasteiger partial charge in [-0.1, -0.05) is 38.4 Å². The third-order valence-electron chi connectivity index (χ3n) is 2.67. The highest BCUT2D eigenvalue weighted by Gasteiger charge is 2.10. The molecule has 0 saturated heterocycles. The van der Waals surface area contributed by atoms with Gasteiger partial charge in [-0.3, -0.25) is 0 Å². The number of halogens is 1. The summed E-state index contributed by atoms with van der Waals surface area (Å²) in [6, 6.07) is 7.18. The Hall–Kier alpha value is -0.770. The van der Waals surface area contributed by atoms with E-state index < -0.39 is 6.10 Å². The summed E-state index contributed by atoms with van der Waals surface area (Å²) < 4.78 is 5.47. The van der Waals surface area contributed by atoms with Crippen LogP contribution in [0.4, 0.5) is 0 Å². The second-order valence-electron chi connectivity index (χ2n) is 5.94. The van der Waals surface area contributed by atoms with E-state index in [9.17, 15) is 5.11 Å². The van der Waals surface area contributed by atoms with Crippen LogP contribution in [-0.4, -0.2) is 30.9 Å². The van der Waals surface area contributed by atoms with Gasteiger partial charge >= 0.3 is 0 Å². The zero-order valence-electron chi connectivity index (χ0n) is 11.9. The molecule has 0 aliphatic rings. The number of rotatable bonds is 7. The molecule has 19 heavy (non-hydrogen) atoms. The molecular formula is C15H24ClNO2. The van der Waals surface area contributed by atoms with E-state index in [4.69, 9.17) is 16.3 Å². The quantitative estimate of drug-likeness (QED) is 0.757. The van der Waals surface area contributed by atoms with E-state index in [1.807, 2.05) is 12.1 Å². The Morgan fingerprint density at radius 2 is 2.11 bits per heavy atom. The largest absolute Gasteiger partial charge is 0.491 e. The molecule has 0 bridgehead atoms. The molecule has 0 radical (unpaired) electrons. The number of aliphatic hydroxyl groups is 1. The number of ether oxygens (including phenoxy) is 1. The molecule has 0 aromatic heterocycles. The smallest absolute Gasteiger partial charge is 0.120 e. The number of hydrogen-bond acceptors (Lipinski definition) is 3. The Morgan fingerprint density at radius 1 is 1.37 bits per heavy atom. The van der Waals surface area contributed by atoms with Gasteiger partial charge in [-0.25, -0.2) is 0 Å². The third kappa shape index (κ3) is 8.09. The third-order valence-corrected chi connectivity index (χ3v) is 2.91. The number of nitrogens with one attached hydrogen (secondary N) is 1. The molecule has 2 N–H and O–H groups in total. The maximum atomic E-state index is 9.79. The van der Waals surface area contributed by atoms with Crippen LogP contribution in [0.25, 0.3) is 0 Å². The Balaban J connectivity index is 2.16. The van der Waals surface area contributed by atoms with Crippen LogP contribution in [0.2, 0.25) is 5.02 Å². The lowest BCUT2D eigenvalue weighted by Crippen LogP contribution is -2.33. The van der Waals surface area contributed by atoms with Crippen molar-refractivity contribution in [1.29, 1.82) is 0 Å². The van der Waals surface area contributed by atoms with Gasteiger partial charge in [0.2, 0.25) is 0 Å². The molecule has 3 nitrogen and oxygen atoms in total. The highest BCUT2D eigenvalue weighted by Crippen LogP contribution is 2.17. The topological polar surface area (TPSA) is 41.5 Å². The second-order valence-corrected chi connectivity index (χ2v) is 6.37. The van der Waals surface area contributed by atoms with Crippen LogP contribution >= 0.6 is 11.6 Å². The summed E-state index contributed by atoms with van der Waals surface area (Å²) in [5.41, 5.74) is 0.315. The molecule has 0 aliphatic carbocycles. The van der Waals surface area contributed by atoms with E-state index in [1.165, 1.54) is 0 Å². The Morgan fingerprint density at radius 3 is 2.74 bits per heavy atom. The van der Waals surface area contributed by atoms with E-state index in [0.29, 0.717) is 22.7 Å². The molecule has 0 spiro atoms. The molecular weight excluding hydrogens is 262 g/mol. The van der Waals surface area contributed by atoms with Crippen molar-refractivity contribution in [2.24, 2.45) is 5.41 Å². The predicted molar refractivity (Wildman–Crippen MR) is 79.9 cm³/mol. The van der Waals surface area contributed by atoms with Crippen molar-refractivity contribution in [3.63, 3.8) is 0 Å². The van der Waals surface area contributed by atoms with Crippen LogP contribution in [0.1, 0.15) is 27.2 Å². The molecule has 0 fully saturated rings. The first-order valence-corrected chi connectivity index (χ1v) is 7.02. The van der Waals surface area contributed by atoms with Gasteiger partial charge < -0.3 is 15.2 Å². The van der Waals surface area contributed by atoms with Crippen LogP contribution < -0.4 is 10.1 Å². The van der Waals surface area contributed by atoms with E-state index in [2.05, 4.69) is 26.1 Å². The first-order chi connectivity index (χ1) is 8.87. The zero-order valence-corrected chi connectivity index (χ0v) is 12.7. The fourth-order valence-corrected chi connectivity index (χ4v) is 1.72. The summed E-state index contributed by atoms with van der Waals surface area (Å²) in [6.07, 6.45) is 0.563. The van der Waals surface area contributed by atoms with E-state index >= 15 is 0 Å². The second kappa shape index (κ2) is 7.73. The lowest BCUT2D eigenvalue weighted by molar-refractivity contribution is 0.106. The summed E-state index contributed by atoms with van der Waals surface area (Å²) in [7, 11) is 0. The summed E-state index contributed by atoms with van der Waals surface area (Å²) in [5.74, 6) is 0.682. The molecule has 1 rings (SSSR count). The molecule has 108 valence electrons. The van der Waals surface area contributed by atoms with Gasteiger partial charge in [0.05, 0.1) is 0 Å². The molecule has 0 heterocycles. The van der Waals surface area contributed by atoms with Gasteiger partial charge in [0.25, 0.3) is 0 Å². The summed E-state index contributed by atoms with van der Waals surface area (Å²) in [6.45, 7) is 8.31. The minimum absolute atomic E-state index is 0.267. The van der Waals surface area contributed by atoms with Crippen LogP contribution in [0.15, 0.2) is 24.3 Å². The maximum Gasteiger partial charge on any atom is 0.120 e. The normalized spacial score (nSPS) is 13.3. The fourth-order valence-electron chi connectivity index (χ4n) is 1.54. The van der Waals surface area contributed by atoms with E-state index in [1.54, 1.807) is 12.1 Å². The SMILES string of the molecule is CC(C)(C)CCNCC(O)COc1cccc(Cl)c1. The minimum atomic E-state index is -0.515. The predicted octanol–water partition coefficient (Wildman–Crippen LogP) is 3.11. The minimum Gasteiger partial charge on any atom is -0.491 e. The van der Waals surface area contributed by atoms with Gasteiger partial charge in [-0.15, -0.1) is 0 Å². The first-order valence-electron chi connectivity index (χ1n) is 6.64. The molecule has 1 unspecified atom stereocenters. The van der Waals surface area contributed by atoms with Crippen molar-refractivity contribution >= 4 is 11.6 Å². The molecule has 4 heteroatoms. The van der Waals surface area contributed by atoms with Gasteiger partial charge in [-0.2, -0.15) is 0 Å². The van der Waals surface area contributed by atoms with Crippen LogP contribution in [0.3, 0.4) is 0 Å². The standard InChI is InChI=1S/C15H24ClNO2/c1-15(2,3)7-8-17-10-13(18)11-19-14-6-4-5-12(16)9-14/h4-6,9,13,17-18H,7-8,10-11H2,1-3H3. The van der Waals surface area contributed by atoms with Crippen molar-refractivity contribution in [3.05, 3.63) is 29.3 Å². The highest BCUT2D eigenvalue weighted by atomic mass is 35.5. The van der Waals surface area contributed by atoms with Crippen molar-refractivity contribution in [2.75, 3.05) is 19.7 Å². The van der Waals surface area contributed by atoms with Gasteiger partial charge in [0, 0.05) is 11.6 Å².